The van der Waals surface area contributed by atoms with Crippen LogP contribution in [0.25, 0.3) is 0 Å². The molecule has 0 radical (unpaired) electrons. The third-order valence-corrected chi connectivity index (χ3v) is 7.91. The van der Waals surface area contributed by atoms with E-state index in [-0.39, 0.29) is 18.5 Å². The first kappa shape index (κ1) is 29.9. The summed E-state index contributed by atoms with van der Waals surface area (Å²) in [6, 6.07) is 9.40. The van der Waals surface area contributed by atoms with Gasteiger partial charge in [-0.25, -0.2) is 8.42 Å². The van der Waals surface area contributed by atoms with Gasteiger partial charge in [-0.1, -0.05) is 60.8 Å². The van der Waals surface area contributed by atoms with Crippen molar-refractivity contribution in [1.82, 2.24) is 10.2 Å². The molecule has 2 rings (SSSR count). The molecule has 0 aliphatic heterocycles. The summed E-state index contributed by atoms with van der Waals surface area (Å²) in [5, 5.41) is 3.64. The summed E-state index contributed by atoms with van der Waals surface area (Å²) in [6.45, 7) is 8.81. The lowest BCUT2D eigenvalue weighted by molar-refractivity contribution is -0.140. The van der Waals surface area contributed by atoms with E-state index in [1.165, 1.54) is 4.90 Å². The lowest BCUT2D eigenvalue weighted by atomic mass is 10.1. The molecule has 0 aliphatic rings. The Morgan fingerprint density at radius 1 is 1.03 bits per heavy atom. The molecule has 1 N–H and O–H groups in total. The van der Waals surface area contributed by atoms with Gasteiger partial charge in [0, 0.05) is 28.2 Å². The number of aryl methyl sites for hydroxylation is 2. The first-order chi connectivity index (χ1) is 16.8. The van der Waals surface area contributed by atoms with Gasteiger partial charge >= 0.3 is 0 Å². The number of anilines is 1. The van der Waals surface area contributed by atoms with Crippen molar-refractivity contribution in [3.8, 4) is 0 Å². The number of benzene rings is 2. The molecule has 0 saturated heterocycles. The maximum atomic E-state index is 13.8. The Hall–Kier alpha value is -2.29. The van der Waals surface area contributed by atoms with E-state index in [2.05, 4.69) is 5.32 Å². The summed E-state index contributed by atoms with van der Waals surface area (Å²) >= 11 is 12.8. The fourth-order valence-corrected chi connectivity index (χ4v) is 5.32. The van der Waals surface area contributed by atoms with Crippen LogP contribution < -0.4 is 9.62 Å². The molecule has 7 nitrogen and oxygen atoms in total. The Balaban J connectivity index is 2.53. The Bertz CT molecular complexity index is 1180. The minimum atomic E-state index is -3.81. The van der Waals surface area contributed by atoms with Crippen LogP contribution in [0.1, 0.15) is 50.3 Å². The number of nitrogens with zero attached hydrogens (tertiary/aromatic N) is 2. The van der Waals surface area contributed by atoms with Gasteiger partial charge in [-0.3, -0.25) is 13.9 Å². The molecule has 2 amide bonds. The number of carbonyl (C=O) groups is 2. The van der Waals surface area contributed by atoms with Crippen LogP contribution in [0.15, 0.2) is 36.4 Å². The highest BCUT2D eigenvalue weighted by Crippen LogP contribution is 2.28. The van der Waals surface area contributed by atoms with Crippen molar-refractivity contribution in [2.45, 2.75) is 66.1 Å². The van der Waals surface area contributed by atoms with Gasteiger partial charge < -0.3 is 10.2 Å². The topological polar surface area (TPSA) is 86.8 Å². The number of carbonyl (C=O) groups excluding carboxylic acids is 2. The van der Waals surface area contributed by atoms with Crippen molar-refractivity contribution in [2.24, 2.45) is 0 Å². The van der Waals surface area contributed by atoms with Crippen LogP contribution in [0.5, 0.6) is 0 Å². The van der Waals surface area contributed by atoms with Crippen LogP contribution in [0.4, 0.5) is 5.69 Å². The average molecular weight is 557 g/mol. The van der Waals surface area contributed by atoms with Gasteiger partial charge in [-0.2, -0.15) is 0 Å². The number of hydrogen-bond donors (Lipinski definition) is 1. The highest BCUT2D eigenvalue weighted by atomic mass is 35.5. The van der Waals surface area contributed by atoms with Gasteiger partial charge in [0.15, 0.2) is 0 Å². The monoisotopic (exact) mass is 555 g/mol. The summed E-state index contributed by atoms with van der Waals surface area (Å²) < 4.78 is 26.6. The molecule has 198 valence electrons. The van der Waals surface area contributed by atoms with Crippen LogP contribution in [-0.4, -0.2) is 50.0 Å². The number of amides is 2. The van der Waals surface area contributed by atoms with E-state index in [1.807, 2.05) is 26.8 Å². The van der Waals surface area contributed by atoms with Gasteiger partial charge in [-0.05, 0) is 57.4 Å². The van der Waals surface area contributed by atoms with E-state index in [9.17, 15) is 18.0 Å². The maximum absolute atomic E-state index is 13.8. The predicted octanol–water partition coefficient (Wildman–Crippen LogP) is 5.10. The molecule has 0 saturated carbocycles. The molecule has 2 aromatic carbocycles. The standard InChI is InChI=1S/C26H35Cl2N3O4S/c1-7-19(5)29-26(33)23(8-2)30(15-20-21(27)10-9-11-22(20)28)25(32)16-31(36(6,34)35)24-13-12-17(3)14-18(24)4/h9-14,19,23H,7-8,15-16H2,1-6H3,(H,29,33)/t19-,23-/m0/s1. The van der Waals surface area contributed by atoms with Crippen molar-refractivity contribution in [3.05, 3.63) is 63.1 Å². The third-order valence-electron chi connectivity index (χ3n) is 6.08. The van der Waals surface area contributed by atoms with Crippen molar-refractivity contribution >= 4 is 50.7 Å². The van der Waals surface area contributed by atoms with Crippen molar-refractivity contribution in [3.63, 3.8) is 0 Å². The molecule has 2 atom stereocenters. The lowest BCUT2D eigenvalue weighted by Gasteiger charge is -2.34. The Morgan fingerprint density at radius 3 is 2.14 bits per heavy atom. The number of rotatable bonds is 11. The van der Waals surface area contributed by atoms with Crippen molar-refractivity contribution < 1.29 is 18.0 Å². The largest absolute Gasteiger partial charge is 0.352 e. The fourth-order valence-electron chi connectivity index (χ4n) is 3.89. The second-order valence-corrected chi connectivity index (χ2v) is 11.7. The second kappa shape index (κ2) is 12.8. The summed E-state index contributed by atoms with van der Waals surface area (Å²) in [5.74, 6) is -0.858. The Labute approximate surface area is 224 Å². The van der Waals surface area contributed by atoms with Crippen LogP contribution in [0.2, 0.25) is 10.0 Å². The molecule has 0 heterocycles. The molecular weight excluding hydrogens is 521 g/mol. The molecule has 0 aromatic heterocycles. The van der Waals surface area contributed by atoms with E-state index < -0.39 is 28.5 Å². The summed E-state index contributed by atoms with van der Waals surface area (Å²) in [5.41, 5.74) is 2.58. The molecular formula is C26H35Cl2N3O4S. The Kier molecular flexibility index (Phi) is 10.6. The molecule has 0 fully saturated rings. The first-order valence-electron chi connectivity index (χ1n) is 11.9. The number of halogens is 2. The molecule has 0 bridgehead atoms. The summed E-state index contributed by atoms with van der Waals surface area (Å²) in [7, 11) is -3.81. The summed E-state index contributed by atoms with van der Waals surface area (Å²) in [6.07, 6.45) is 2.10. The molecule has 0 unspecified atom stereocenters. The molecule has 0 aliphatic carbocycles. The van der Waals surface area contributed by atoms with Crippen molar-refractivity contribution in [1.29, 1.82) is 0 Å². The molecule has 0 spiro atoms. The van der Waals surface area contributed by atoms with Crippen LogP contribution in [-0.2, 0) is 26.2 Å². The lowest BCUT2D eigenvalue weighted by Crippen LogP contribution is -2.53. The normalized spacial score (nSPS) is 13.1. The first-order valence-corrected chi connectivity index (χ1v) is 14.5. The molecule has 10 heteroatoms. The van der Waals surface area contributed by atoms with Crippen molar-refractivity contribution in [2.75, 3.05) is 17.1 Å². The predicted molar refractivity (Wildman–Crippen MR) is 147 cm³/mol. The average Bonchev–Trinajstić information content (AvgIpc) is 2.78. The van der Waals surface area contributed by atoms with E-state index in [1.54, 1.807) is 44.2 Å². The molecule has 36 heavy (non-hydrogen) atoms. The maximum Gasteiger partial charge on any atom is 0.244 e. The van der Waals surface area contributed by atoms with E-state index >= 15 is 0 Å². The van der Waals surface area contributed by atoms with Gasteiger partial charge in [-0.15, -0.1) is 0 Å². The number of hydrogen-bond acceptors (Lipinski definition) is 4. The van der Waals surface area contributed by atoms with Crippen LogP contribution in [0, 0.1) is 13.8 Å². The SMILES string of the molecule is CC[C@H](C)NC(=O)[C@H](CC)N(Cc1c(Cl)cccc1Cl)C(=O)CN(c1ccc(C)cc1C)S(C)(=O)=O. The minimum absolute atomic E-state index is 0.0474. The smallest absolute Gasteiger partial charge is 0.244 e. The van der Waals surface area contributed by atoms with E-state index in [4.69, 9.17) is 23.2 Å². The highest BCUT2D eigenvalue weighted by Gasteiger charge is 2.33. The van der Waals surface area contributed by atoms with Gasteiger partial charge in [0.1, 0.15) is 12.6 Å². The van der Waals surface area contributed by atoms with Crippen LogP contribution in [0.3, 0.4) is 0 Å². The summed E-state index contributed by atoms with van der Waals surface area (Å²) in [4.78, 5) is 28.4. The third kappa shape index (κ3) is 7.60. The van der Waals surface area contributed by atoms with Gasteiger partial charge in [0.2, 0.25) is 21.8 Å². The van der Waals surface area contributed by atoms with E-state index in [0.29, 0.717) is 27.7 Å². The quantitative estimate of drug-likeness (QED) is 0.418. The zero-order valence-corrected chi connectivity index (χ0v) is 24.0. The van der Waals surface area contributed by atoms with Gasteiger partial charge in [0.25, 0.3) is 0 Å². The minimum Gasteiger partial charge on any atom is -0.352 e. The Morgan fingerprint density at radius 2 is 1.64 bits per heavy atom. The second-order valence-electron chi connectivity index (χ2n) is 9.02. The number of sulfonamides is 1. The highest BCUT2D eigenvalue weighted by molar-refractivity contribution is 7.92. The van der Waals surface area contributed by atoms with Crippen LogP contribution >= 0.6 is 23.2 Å². The zero-order chi connectivity index (χ0) is 27.2. The van der Waals surface area contributed by atoms with Gasteiger partial charge in [0.05, 0.1) is 11.9 Å². The number of nitrogens with one attached hydrogen (secondary N) is 1. The zero-order valence-electron chi connectivity index (χ0n) is 21.6. The molecule has 2 aromatic rings. The fraction of sp³-hybridized carbons (Fsp3) is 0.462. The van der Waals surface area contributed by atoms with E-state index in [0.717, 1.165) is 28.1 Å².